The van der Waals surface area contributed by atoms with Gasteiger partial charge in [-0.2, -0.15) is 13.2 Å². The van der Waals surface area contributed by atoms with E-state index in [2.05, 4.69) is 15.3 Å². The monoisotopic (exact) mass is 455 g/mol. The number of carbonyl (C=O) groups is 1. The van der Waals surface area contributed by atoms with E-state index >= 15 is 0 Å². The second-order valence-electron chi connectivity index (χ2n) is 8.02. The van der Waals surface area contributed by atoms with Crippen LogP contribution in [0, 0.1) is 0 Å². The summed E-state index contributed by atoms with van der Waals surface area (Å²) in [5.74, 6) is 0.234. The summed E-state index contributed by atoms with van der Waals surface area (Å²) < 4.78 is 39.6. The van der Waals surface area contributed by atoms with Gasteiger partial charge < -0.3 is 11.1 Å². The molecule has 4 rings (SSSR count). The SMILES string of the molecule is Nc1ccc(-c2cccc(C(F)(F)F)c2)nc1N(C(=O)Nc1cccnc1)C1CCCCC1. The van der Waals surface area contributed by atoms with Crippen molar-refractivity contribution in [1.29, 1.82) is 0 Å². The fraction of sp³-hybridized carbons (Fsp3) is 0.292. The Morgan fingerprint density at radius 1 is 1.06 bits per heavy atom. The molecule has 0 aliphatic heterocycles. The third-order valence-corrected chi connectivity index (χ3v) is 5.69. The van der Waals surface area contributed by atoms with E-state index in [9.17, 15) is 18.0 Å². The zero-order valence-corrected chi connectivity index (χ0v) is 17.8. The minimum atomic E-state index is -4.47. The molecule has 2 aromatic heterocycles. The highest BCUT2D eigenvalue weighted by atomic mass is 19.4. The number of alkyl halides is 3. The van der Waals surface area contributed by atoms with Crippen LogP contribution in [0.25, 0.3) is 11.3 Å². The third-order valence-electron chi connectivity index (χ3n) is 5.69. The van der Waals surface area contributed by atoms with Gasteiger partial charge in [0.15, 0.2) is 5.82 Å². The maximum Gasteiger partial charge on any atom is 0.416 e. The third kappa shape index (κ3) is 5.24. The number of aromatic nitrogens is 2. The molecule has 1 fully saturated rings. The van der Waals surface area contributed by atoms with Crippen LogP contribution in [0.5, 0.6) is 0 Å². The number of rotatable bonds is 4. The summed E-state index contributed by atoms with van der Waals surface area (Å²) in [5, 5.41) is 2.83. The molecule has 1 aliphatic carbocycles. The zero-order chi connectivity index (χ0) is 23.4. The molecule has 0 radical (unpaired) electrons. The van der Waals surface area contributed by atoms with Gasteiger partial charge in [-0.25, -0.2) is 9.78 Å². The first-order valence-corrected chi connectivity index (χ1v) is 10.8. The van der Waals surface area contributed by atoms with E-state index in [4.69, 9.17) is 5.73 Å². The Labute approximate surface area is 189 Å². The first kappa shape index (κ1) is 22.6. The summed E-state index contributed by atoms with van der Waals surface area (Å²) in [4.78, 5) is 23.5. The summed E-state index contributed by atoms with van der Waals surface area (Å²) >= 11 is 0. The van der Waals surface area contributed by atoms with Gasteiger partial charge in [0.25, 0.3) is 0 Å². The van der Waals surface area contributed by atoms with Crippen LogP contribution in [0.4, 0.5) is 35.2 Å². The highest BCUT2D eigenvalue weighted by Crippen LogP contribution is 2.35. The largest absolute Gasteiger partial charge is 0.416 e. The average Bonchev–Trinajstić information content (AvgIpc) is 2.81. The van der Waals surface area contributed by atoms with Gasteiger partial charge in [-0.15, -0.1) is 0 Å². The van der Waals surface area contributed by atoms with Crippen LogP contribution in [-0.2, 0) is 6.18 Å². The van der Waals surface area contributed by atoms with Crippen molar-refractivity contribution in [3.63, 3.8) is 0 Å². The molecule has 172 valence electrons. The van der Waals surface area contributed by atoms with Crippen LogP contribution in [0.1, 0.15) is 37.7 Å². The molecule has 2 heterocycles. The molecule has 33 heavy (non-hydrogen) atoms. The molecule has 3 aromatic rings. The number of hydrogen-bond donors (Lipinski definition) is 2. The standard InChI is InChI=1S/C24H24F3N5O/c25-24(26,27)17-7-4-6-16(14-17)21-12-11-20(28)22(31-21)32(19-9-2-1-3-10-19)23(33)30-18-8-5-13-29-15-18/h4-8,11-15,19H,1-3,9-10,28H2,(H,30,33). The van der Waals surface area contributed by atoms with Crippen molar-refractivity contribution in [3.8, 4) is 11.3 Å². The number of carbonyl (C=O) groups excluding carboxylic acids is 1. The smallest absolute Gasteiger partial charge is 0.396 e. The van der Waals surface area contributed by atoms with Gasteiger partial charge in [0.2, 0.25) is 0 Å². The Morgan fingerprint density at radius 2 is 1.85 bits per heavy atom. The number of anilines is 3. The Balaban J connectivity index is 1.73. The molecule has 1 aromatic carbocycles. The number of benzene rings is 1. The fourth-order valence-corrected chi connectivity index (χ4v) is 4.06. The van der Waals surface area contributed by atoms with Crippen LogP contribution < -0.4 is 16.0 Å². The number of nitrogens with zero attached hydrogens (tertiary/aromatic N) is 3. The van der Waals surface area contributed by atoms with Gasteiger partial charge in [-0.05, 0) is 49.2 Å². The number of amides is 2. The number of nitrogens with two attached hydrogens (primary N) is 1. The van der Waals surface area contributed by atoms with Crippen molar-refractivity contribution in [2.75, 3.05) is 16.0 Å². The van der Waals surface area contributed by atoms with Crippen LogP contribution in [-0.4, -0.2) is 22.0 Å². The van der Waals surface area contributed by atoms with E-state index in [1.54, 1.807) is 41.4 Å². The van der Waals surface area contributed by atoms with Crippen LogP contribution in [0.2, 0.25) is 0 Å². The number of pyridine rings is 2. The number of nitrogens with one attached hydrogen (secondary N) is 1. The normalized spacial score (nSPS) is 14.6. The van der Waals surface area contributed by atoms with Crippen LogP contribution in [0.15, 0.2) is 60.9 Å². The topological polar surface area (TPSA) is 84.1 Å². The lowest BCUT2D eigenvalue weighted by Gasteiger charge is -2.34. The zero-order valence-electron chi connectivity index (χ0n) is 17.8. The first-order chi connectivity index (χ1) is 15.8. The molecule has 1 saturated carbocycles. The Bertz CT molecular complexity index is 1110. The maximum atomic E-state index is 13.3. The molecule has 0 spiro atoms. The van der Waals surface area contributed by atoms with E-state index in [1.165, 1.54) is 12.3 Å². The summed E-state index contributed by atoms with van der Waals surface area (Å²) in [6.07, 6.45) is 3.26. The lowest BCUT2D eigenvalue weighted by molar-refractivity contribution is -0.137. The van der Waals surface area contributed by atoms with E-state index in [0.29, 0.717) is 16.9 Å². The van der Waals surface area contributed by atoms with Crippen molar-refractivity contribution in [2.24, 2.45) is 0 Å². The average molecular weight is 455 g/mol. The van der Waals surface area contributed by atoms with Crippen molar-refractivity contribution < 1.29 is 18.0 Å². The fourth-order valence-electron chi connectivity index (χ4n) is 4.06. The maximum absolute atomic E-state index is 13.3. The van der Waals surface area contributed by atoms with Crippen molar-refractivity contribution >= 4 is 23.2 Å². The van der Waals surface area contributed by atoms with Gasteiger partial charge in [0.1, 0.15) is 0 Å². The predicted molar refractivity (Wildman–Crippen MR) is 122 cm³/mol. The second-order valence-corrected chi connectivity index (χ2v) is 8.02. The molecule has 0 bridgehead atoms. The summed E-state index contributed by atoms with van der Waals surface area (Å²) in [7, 11) is 0. The molecule has 3 N–H and O–H groups in total. The summed E-state index contributed by atoms with van der Waals surface area (Å²) in [5.41, 5.74) is 6.86. The number of nitrogen functional groups attached to an aromatic ring is 1. The molecule has 2 amide bonds. The van der Waals surface area contributed by atoms with Crippen molar-refractivity contribution in [2.45, 2.75) is 44.3 Å². The van der Waals surface area contributed by atoms with Crippen molar-refractivity contribution in [3.05, 3.63) is 66.5 Å². The first-order valence-electron chi connectivity index (χ1n) is 10.8. The Hall–Kier alpha value is -3.62. The quantitative estimate of drug-likeness (QED) is 0.497. The molecular weight excluding hydrogens is 431 g/mol. The molecular formula is C24H24F3N5O. The highest BCUT2D eigenvalue weighted by Gasteiger charge is 2.32. The number of urea groups is 1. The minimum absolute atomic E-state index is 0.123. The van der Waals surface area contributed by atoms with Gasteiger partial charge >= 0.3 is 12.2 Å². The van der Waals surface area contributed by atoms with Crippen LogP contribution in [0.3, 0.4) is 0 Å². The number of hydrogen-bond acceptors (Lipinski definition) is 4. The van der Waals surface area contributed by atoms with E-state index in [-0.39, 0.29) is 17.5 Å². The van der Waals surface area contributed by atoms with Crippen molar-refractivity contribution in [1.82, 2.24) is 9.97 Å². The second kappa shape index (κ2) is 9.48. The molecule has 0 atom stereocenters. The van der Waals surface area contributed by atoms with E-state index < -0.39 is 17.8 Å². The lowest BCUT2D eigenvalue weighted by Crippen LogP contribution is -2.45. The molecule has 0 saturated heterocycles. The summed E-state index contributed by atoms with van der Waals surface area (Å²) in [6, 6.07) is 11.0. The molecule has 0 unspecified atom stereocenters. The molecule has 9 heteroatoms. The lowest BCUT2D eigenvalue weighted by atomic mass is 9.94. The minimum Gasteiger partial charge on any atom is -0.396 e. The molecule has 1 aliphatic rings. The Kier molecular flexibility index (Phi) is 6.48. The van der Waals surface area contributed by atoms with Gasteiger partial charge in [0.05, 0.1) is 28.8 Å². The molecule has 6 nitrogen and oxygen atoms in total. The number of halogens is 3. The van der Waals surface area contributed by atoms with E-state index in [1.807, 2.05) is 0 Å². The summed E-state index contributed by atoms with van der Waals surface area (Å²) in [6.45, 7) is 0. The highest BCUT2D eigenvalue weighted by molar-refractivity contribution is 6.03. The van der Waals surface area contributed by atoms with Gasteiger partial charge in [-0.3, -0.25) is 9.88 Å². The van der Waals surface area contributed by atoms with Gasteiger partial charge in [0, 0.05) is 17.8 Å². The Morgan fingerprint density at radius 3 is 2.55 bits per heavy atom. The predicted octanol–water partition coefficient (Wildman–Crippen LogP) is 6.12. The van der Waals surface area contributed by atoms with E-state index in [0.717, 1.165) is 44.2 Å². The van der Waals surface area contributed by atoms with Crippen LogP contribution >= 0.6 is 0 Å². The van der Waals surface area contributed by atoms with Gasteiger partial charge in [-0.1, -0.05) is 31.4 Å².